The van der Waals surface area contributed by atoms with Gasteiger partial charge in [0.25, 0.3) is 0 Å². The van der Waals surface area contributed by atoms with Crippen LogP contribution >= 0.6 is 11.6 Å². The average molecular weight is 357 g/mol. The molecule has 0 heterocycles. The molecule has 1 aliphatic carbocycles. The van der Waals surface area contributed by atoms with E-state index in [1.807, 2.05) is 30.3 Å². The van der Waals surface area contributed by atoms with E-state index in [9.17, 15) is 4.79 Å². The summed E-state index contributed by atoms with van der Waals surface area (Å²) in [6, 6.07) is 18.9. The Morgan fingerprint density at radius 3 is 2.48 bits per heavy atom. The Morgan fingerprint density at radius 2 is 1.84 bits per heavy atom. The Morgan fingerprint density at radius 1 is 1.16 bits per heavy atom. The second kappa shape index (κ2) is 8.50. The van der Waals surface area contributed by atoms with E-state index in [2.05, 4.69) is 41.4 Å². The number of amides is 1. The molecule has 0 bridgehead atoms. The van der Waals surface area contributed by atoms with Crippen molar-refractivity contribution >= 4 is 17.5 Å². The van der Waals surface area contributed by atoms with E-state index in [4.69, 9.17) is 11.6 Å². The second-order valence-corrected chi connectivity index (χ2v) is 7.15. The highest BCUT2D eigenvalue weighted by atomic mass is 35.5. The zero-order valence-electron chi connectivity index (χ0n) is 14.6. The zero-order valence-corrected chi connectivity index (χ0v) is 15.4. The number of halogens is 1. The minimum Gasteiger partial charge on any atom is -0.355 e. The molecule has 1 aliphatic rings. The van der Waals surface area contributed by atoms with Crippen molar-refractivity contribution in [3.63, 3.8) is 0 Å². The maximum absolute atomic E-state index is 12.4. The predicted octanol–water partition coefficient (Wildman–Crippen LogP) is 4.22. The molecule has 2 aromatic carbocycles. The maximum atomic E-state index is 12.4. The standard InChI is InChI=1S/C21H25ClN2O/c1-16(18-7-9-19(22)10-8-18)24(20-11-12-20)15-21(25)23-14-13-17-5-3-2-4-6-17/h2-10,16,20H,11-15H2,1H3,(H,23,25). The lowest BCUT2D eigenvalue weighted by Gasteiger charge is -2.29. The topological polar surface area (TPSA) is 32.3 Å². The number of nitrogens with one attached hydrogen (secondary N) is 1. The molecule has 1 saturated carbocycles. The minimum atomic E-state index is 0.101. The number of rotatable bonds is 8. The molecule has 1 N–H and O–H groups in total. The first-order valence-corrected chi connectivity index (χ1v) is 9.33. The van der Waals surface area contributed by atoms with Gasteiger partial charge in [0.05, 0.1) is 6.54 Å². The summed E-state index contributed by atoms with van der Waals surface area (Å²) in [5.74, 6) is 0.101. The van der Waals surface area contributed by atoms with Crippen molar-refractivity contribution < 1.29 is 4.79 Å². The lowest BCUT2D eigenvalue weighted by atomic mass is 10.1. The first kappa shape index (κ1) is 18.0. The lowest BCUT2D eigenvalue weighted by molar-refractivity contribution is -0.122. The predicted molar refractivity (Wildman–Crippen MR) is 103 cm³/mol. The van der Waals surface area contributed by atoms with Gasteiger partial charge in [-0.3, -0.25) is 9.69 Å². The molecular formula is C21H25ClN2O. The van der Waals surface area contributed by atoms with Crippen molar-refractivity contribution in [2.75, 3.05) is 13.1 Å². The maximum Gasteiger partial charge on any atom is 0.234 e. The van der Waals surface area contributed by atoms with Crippen molar-refractivity contribution in [3.8, 4) is 0 Å². The number of benzene rings is 2. The molecule has 0 radical (unpaired) electrons. The first-order valence-electron chi connectivity index (χ1n) is 8.95. The minimum absolute atomic E-state index is 0.101. The molecule has 0 spiro atoms. The average Bonchev–Trinajstić information content (AvgIpc) is 3.46. The van der Waals surface area contributed by atoms with Gasteiger partial charge in [0.15, 0.2) is 0 Å². The van der Waals surface area contributed by atoms with Crippen molar-refractivity contribution in [2.45, 2.75) is 38.3 Å². The normalized spacial score (nSPS) is 15.2. The zero-order chi connectivity index (χ0) is 17.6. The van der Waals surface area contributed by atoms with Gasteiger partial charge in [-0.2, -0.15) is 0 Å². The second-order valence-electron chi connectivity index (χ2n) is 6.72. The molecule has 4 heteroatoms. The summed E-state index contributed by atoms with van der Waals surface area (Å²) < 4.78 is 0. The fraction of sp³-hybridized carbons (Fsp3) is 0.381. The van der Waals surface area contributed by atoms with Gasteiger partial charge in [-0.15, -0.1) is 0 Å². The van der Waals surface area contributed by atoms with Crippen LogP contribution < -0.4 is 5.32 Å². The molecule has 0 saturated heterocycles. The van der Waals surface area contributed by atoms with E-state index in [0.717, 1.165) is 11.4 Å². The van der Waals surface area contributed by atoms with E-state index in [-0.39, 0.29) is 11.9 Å². The van der Waals surface area contributed by atoms with Crippen molar-refractivity contribution in [1.82, 2.24) is 10.2 Å². The number of carbonyl (C=O) groups is 1. The molecule has 1 fully saturated rings. The smallest absolute Gasteiger partial charge is 0.234 e. The number of hydrogen-bond acceptors (Lipinski definition) is 2. The Bertz CT molecular complexity index is 683. The Labute approximate surface area is 155 Å². The van der Waals surface area contributed by atoms with Crippen LogP contribution in [0, 0.1) is 0 Å². The lowest BCUT2D eigenvalue weighted by Crippen LogP contribution is -2.40. The van der Waals surface area contributed by atoms with Gasteiger partial charge >= 0.3 is 0 Å². The highest BCUT2D eigenvalue weighted by Gasteiger charge is 2.33. The molecule has 0 aliphatic heterocycles. The van der Waals surface area contributed by atoms with Gasteiger partial charge in [0.1, 0.15) is 0 Å². The van der Waals surface area contributed by atoms with Crippen LogP contribution in [0.2, 0.25) is 5.02 Å². The van der Waals surface area contributed by atoms with E-state index in [0.29, 0.717) is 19.1 Å². The Kier molecular flexibility index (Phi) is 6.11. The van der Waals surface area contributed by atoms with Crippen molar-refractivity contribution in [1.29, 1.82) is 0 Å². The summed E-state index contributed by atoms with van der Waals surface area (Å²) in [5.41, 5.74) is 2.45. The molecule has 0 aromatic heterocycles. The molecule has 1 unspecified atom stereocenters. The third-order valence-corrected chi connectivity index (χ3v) is 5.02. The van der Waals surface area contributed by atoms with Gasteiger partial charge in [-0.1, -0.05) is 54.1 Å². The summed E-state index contributed by atoms with van der Waals surface area (Å²) in [6.45, 7) is 3.29. The molecule has 1 atom stereocenters. The highest BCUT2D eigenvalue weighted by Crippen LogP contribution is 2.34. The molecule has 3 nitrogen and oxygen atoms in total. The molecule has 132 valence electrons. The first-order chi connectivity index (χ1) is 12.1. The summed E-state index contributed by atoms with van der Waals surface area (Å²) in [6.07, 6.45) is 3.22. The van der Waals surface area contributed by atoms with Crippen molar-refractivity contribution in [3.05, 3.63) is 70.7 Å². The Hall–Kier alpha value is -1.84. The quantitative estimate of drug-likeness (QED) is 0.767. The Balaban J connectivity index is 1.52. The molecule has 2 aromatic rings. The van der Waals surface area contributed by atoms with Crippen LogP contribution in [0.1, 0.15) is 36.9 Å². The van der Waals surface area contributed by atoms with E-state index in [1.165, 1.54) is 24.0 Å². The van der Waals surface area contributed by atoms with Crippen LogP contribution in [0.4, 0.5) is 0 Å². The van der Waals surface area contributed by atoms with Crippen LogP contribution in [-0.2, 0) is 11.2 Å². The van der Waals surface area contributed by atoms with Gasteiger partial charge in [0.2, 0.25) is 5.91 Å². The third-order valence-electron chi connectivity index (χ3n) is 4.77. The van der Waals surface area contributed by atoms with E-state index >= 15 is 0 Å². The fourth-order valence-corrected chi connectivity index (χ4v) is 3.26. The molecule has 3 rings (SSSR count). The SMILES string of the molecule is CC(c1ccc(Cl)cc1)N(CC(=O)NCCc1ccccc1)C1CC1. The number of carbonyl (C=O) groups excluding carboxylic acids is 1. The number of hydrogen-bond donors (Lipinski definition) is 1. The van der Waals surface area contributed by atoms with E-state index < -0.39 is 0 Å². The van der Waals surface area contributed by atoms with Crippen LogP contribution in [0.3, 0.4) is 0 Å². The third kappa shape index (κ3) is 5.32. The van der Waals surface area contributed by atoms with E-state index in [1.54, 1.807) is 0 Å². The van der Waals surface area contributed by atoms with Gasteiger partial charge in [-0.05, 0) is 49.4 Å². The monoisotopic (exact) mass is 356 g/mol. The largest absolute Gasteiger partial charge is 0.355 e. The summed E-state index contributed by atoms with van der Waals surface area (Å²) in [4.78, 5) is 14.7. The highest BCUT2D eigenvalue weighted by molar-refractivity contribution is 6.30. The summed E-state index contributed by atoms with van der Waals surface area (Å²) in [7, 11) is 0. The fourth-order valence-electron chi connectivity index (χ4n) is 3.13. The van der Waals surface area contributed by atoms with Crippen LogP contribution in [0.15, 0.2) is 54.6 Å². The molecule has 1 amide bonds. The number of nitrogens with zero attached hydrogens (tertiary/aromatic N) is 1. The molecular weight excluding hydrogens is 332 g/mol. The van der Waals surface area contributed by atoms with Gasteiger partial charge in [0, 0.05) is 23.7 Å². The van der Waals surface area contributed by atoms with Crippen LogP contribution in [-0.4, -0.2) is 29.9 Å². The summed E-state index contributed by atoms with van der Waals surface area (Å²) >= 11 is 5.99. The van der Waals surface area contributed by atoms with Gasteiger partial charge in [-0.25, -0.2) is 0 Å². The van der Waals surface area contributed by atoms with Crippen molar-refractivity contribution in [2.24, 2.45) is 0 Å². The van der Waals surface area contributed by atoms with Crippen LogP contribution in [0.5, 0.6) is 0 Å². The van der Waals surface area contributed by atoms with Gasteiger partial charge < -0.3 is 5.32 Å². The molecule has 25 heavy (non-hydrogen) atoms. The van der Waals surface area contributed by atoms with Crippen LogP contribution in [0.25, 0.3) is 0 Å². The summed E-state index contributed by atoms with van der Waals surface area (Å²) in [5, 5.41) is 3.80.